The Labute approximate surface area is 211 Å². The molecule has 0 amide bonds. The Bertz CT molecular complexity index is 1070. The van der Waals surface area contributed by atoms with Gasteiger partial charge in [0.2, 0.25) is 0 Å². The Morgan fingerprint density at radius 3 is 2.69 bits per heavy atom. The van der Waals surface area contributed by atoms with Crippen LogP contribution in [0.15, 0.2) is 53.7 Å². The second-order valence-corrected chi connectivity index (χ2v) is 9.58. The molecule has 35 heavy (non-hydrogen) atoms. The number of ether oxygens (including phenoxy) is 4. The molecule has 3 atom stereocenters. The van der Waals surface area contributed by atoms with E-state index in [4.69, 9.17) is 18.9 Å². The first-order valence-electron chi connectivity index (χ1n) is 12.0. The third-order valence-corrected chi connectivity index (χ3v) is 6.60. The molecule has 4 rings (SSSR count). The summed E-state index contributed by atoms with van der Waals surface area (Å²) in [5.74, 6) is 2.01. The number of rotatable bonds is 10. The molecule has 1 aromatic carbocycles. The van der Waals surface area contributed by atoms with E-state index in [9.17, 15) is 5.11 Å². The van der Waals surface area contributed by atoms with Crippen molar-refractivity contribution in [3.8, 4) is 28.5 Å². The number of nitrogens with zero attached hydrogens (tertiary/aromatic N) is 1. The van der Waals surface area contributed by atoms with Gasteiger partial charge in [-0.2, -0.15) is 0 Å². The van der Waals surface area contributed by atoms with Crippen LogP contribution in [0.4, 0.5) is 0 Å². The lowest BCUT2D eigenvalue weighted by Gasteiger charge is -2.19. The number of pyridine rings is 1. The van der Waals surface area contributed by atoms with Gasteiger partial charge in [-0.3, -0.25) is 0 Å². The van der Waals surface area contributed by atoms with E-state index in [1.165, 1.54) is 0 Å². The molecule has 1 aliphatic heterocycles. The minimum atomic E-state index is -0.112. The van der Waals surface area contributed by atoms with E-state index >= 15 is 0 Å². The fourth-order valence-electron chi connectivity index (χ4n) is 4.24. The van der Waals surface area contributed by atoms with Gasteiger partial charge < -0.3 is 29.0 Å². The zero-order valence-electron chi connectivity index (χ0n) is 20.5. The lowest BCUT2D eigenvalue weighted by molar-refractivity contribution is -0.0383. The Morgan fingerprint density at radius 2 is 1.94 bits per heavy atom. The van der Waals surface area contributed by atoms with Crippen LogP contribution in [0, 0.1) is 0 Å². The smallest absolute Gasteiger partial charge is 0.145 e. The lowest BCUT2D eigenvalue weighted by Crippen LogP contribution is -2.18. The maximum atomic E-state index is 9.61. The normalized spacial score (nSPS) is 19.2. The first-order chi connectivity index (χ1) is 17.1. The molecule has 0 spiro atoms. The number of aliphatic hydroxyl groups is 1. The van der Waals surface area contributed by atoms with Crippen LogP contribution in [0.25, 0.3) is 11.3 Å². The van der Waals surface area contributed by atoms with E-state index in [1.54, 1.807) is 25.1 Å². The van der Waals surface area contributed by atoms with Gasteiger partial charge in [0.05, 0.1) is 36.6 Å². The summed E-state index contributed by atoms with van der Waals surface area (Å²) in [6.45, 7) is 2.50. The highest BCUT2D eigenvalue weighted by atomic mass is 32.2. The Hall–Kier alpha value is -2.52. The number of aromatic nitrogens is 2. The van der Waals surface area contributed by atoms with E-state index in [1.807, 2.05) is 49.6 Å². The second-order valence-electron chi connectivity index (χ2n) is 8.76. The molecule has 1 saturated heterocycles. The predicted octanol–water partition coefficient (Wildman–Crippen LogP) is 6.00. The number of thioether (sulfide) groups is 1. The number of methoxy groups -OCH3 is 1. The van der Waals surface area contributed by atoms with E-state index in [0.29, 0.717) is 23.9 Å². The van der Waals surface area contributed by atoms with Crippen LogP contribution in [0.3, 0.4) is 0 Å². The molecule has 0 saturated carbocycles. The molecule has 3 aromatic rings. The van der Waals surface area contributed by atoms with Crippen LogP contribution < -0.4 is 9.47 Å². The fourth-order valence-corrected chi connectivity index (χ4v) is 4.60. The summed E-state index contributed by atoms with van der Waals surface area (Å²) in [5, 5.41) is 10.5. The SMILES string of the molecule is COCC(C)Oc1cc(Oc2ccc(SC)nc2)cc(-c2ccc(C3CCCC[C@H](CO)O3)[nH]2)c1. The van der Waals surface area contributed by atoms with Crippen molar-refractivity contribution in [2.24, 2.45) is 0 Å². The fraction of sp³-hybridized carbons (Fsp3) is 0.444. The van der Waals surface area contributed by atoms with E-state index in [-0.39, 0.29) is 24.9 Å². The molecular weight excluding hydrogens is 464 g/mol. The third kappa shape index (κ3) is 7.01. The number of hydrogen-bond acceptors (Lipinski definition) is 7. The Kier molecular flexibility index (Phi) is 9.09. The van der Waals surface area contributed by atoms with Gasteiger partial charge in [0.25, 0.3) is 0 Å². The minimum absolute atomic E-state index is 0.0522. The molecule has 2 N–H and O–H groups in total. The van der Waals surface area contributed by atoms with Crippen molar-refractivity contribution in [1.29, 1.82) is 0 Å². The van der Waals surface area contributed by atoms with Crippen molar-refractivity contribution in [2.75, 3.05) is 26.6 Å². The number of H-pyrrole nitrogens is 1. The maximum absolute atomic E-state index is 9.61. The summed E-state index contributed by atoms with van der Waals surface area (Å²) in [5.41, 5.74) is 2.90. The van der Waals surface area contributed by atoms with E-state index in [2.05, 4.69) is 16.0 Å². The molecule has 1 aliphatic rings. The number of aromatic amines is 1. The summed E-state index contributed by atoms with van der Waals surface area (Å²) in [6, 6.07) is 13.8. The summed E-state index contributed by atoms with van der Waals surface area (Å²) < 4.78 is 23.7. The van der Waals surface area contributed by atoms with Crippen LogP contribution in [0.5, 0.6) is 17.2 Å². The minimum Gasteiger partial charge on any atom is -0.488 e. The van der Waals surface area contributed by atoms with Gasteiger partial charge in [0.15, 0.2) is 0 Å². The number of nitrogens with one attached hydrogen (secondary N) is 1. The van der Waals surface area contributed by atoms with Crippen LogP contribution in [0.1, 0.15) is 44.4 Å². The maximum Gasteiger partial charge on any atom is 0.145 e. The quantitative estimate of drug-likeness (QED) is 0.332. The van der Waals surface area contributed by atoms with Gasteiger partial charge in [-0.1, -0.05) is 12.8 Å². The second kappa shape index (κ2) is 12.4. The van der Waals surface area contributed by atoms with Gasteiger partial charge in [0.1, 0.15) is 23.4 Å². The molecular formula is C27H34N2O5S. The zero-order chi connectivity index (χ0) is 24.6. The lowest BCUT2D eigenvalue weighted by atomic mass is 10.1. The molecule has 2 unspecified atom stereocenters. The zero-order valence-corrected chi connectivity index (χ0v) is 21.3. The Balaban J connectivity index is 1.60. The van der Waals surface area contributed by atoms with Gasteiger partial charge in [-0.05, 0) is 62.4 Å². The summed E-state index contributed by atoms with van der Waals surface area (Å²) in [6.07, 6.45) is 7.42. The van der Waals surface area contributed by atoms with Crippen molar-refractivity contribution in [1.82, 2.24) is 9.97 Å². The number of aliphatic hydroxyl groups excluding tert-OH is 1. The molecule has 0 aliphatic carbocycles. The largest absolute Gasteiger partial charge is 0.488 e. The average Bonchev–Trinajstić information content (AvgIpc) is 3.23. The van der Waals surface area contributed by atoms with Crippen LogP contribution in [-0.4, -0.2) is 53.9 Å². The molecule has 7 nitrogen and oxygen atoms in total. The standard InChI is InChI=1S/C27H34N2O5S/c1-18(17-31-2)32-22-12-19(13-23(14-22)33-20-8-11-27(35-3)28-15-20)24-9-10-25(29-24)26-7-5-4-6-21(16-30)34-26/h8-15,18,21,26,29-30H,4-7,16-17H2,1-3H3/t18?,21-,26?/m1/s1. The van der Waals surface area contributed by atoms with Crippen LogP contribution >= 0.6 is 11.8 Å². The van der Waals surface area contributed by atoms with Crippen molar-refractivity contribution in [2.45, 2.75) is 55.9 Å². The molecule has 3 heterocycles. The molecule has 0 bridgehead atoms. The highest BCUT2D eigenvalue weighted by molar-refractivity contribution is 7.98. The predicted molar refractivity (Wildman–Crippen MR) is 137 cm³/mol. The third-order valence-electron chi connectivity index (χ3n) is 5.94. The highest BCUT2D eigenvalue weighted by Crippen LogP contribution is 2.35. The molecule has 1 fully saturated rings. The number of benzene rings is 1. The summed E-state index contributed by atoms with van der Waals surface area (Å²) in [7, 11) is 1.66. The van der Waals surface area contributed by atoms with Gasteiger partial charge in [0, 0.05) is 30.1 Å². The molecule has 8 heteroatoms. The highest BCUT2D eigenvalue weighted by Gasteiger charge is 2.23. The molecule has 2 aromatic heterocycles. The van der Waals surface area contributed by atoms with Gasteiger partial charge >= 0.3 is 0 Å². The topological polar surface area (TPSA) is 85.8 Å². The van der Waals surface area contributed by atoms with Crippen molar-refractivity contribution in [3.63, 3.8) is 0 Å². The van der Waals surface area contributed by atoms with Gasteiger partial charge in [-0.25, -0.2) is 4.98 Å². The van der Waals surface area contributed by atoms with Crippen LogP contribution in [0.2, 0.25) is 0 Å². The molecule has 0 radical (unpaired) electrons. The first-order valence-corrected chi connectivity index (χ1v) is 13.2. The van der Waals surface area contributed by atoms with E-state index in [0.717, 1.165) is 47.7 Å². The van der Waals surface area contributed by atoms with Crippen molar-refractivity contribution in [3.05, 3.63) is 54.4 Å². The van der Waals surface area contributed by atoms with E-state index < -0.39 is 0 Å². The summed E-state index contributed by atoms with van der Waals surface area (Å²) in [4.78, 5) is 7.92. The number of hydrogen-bond donors (Lipinski definition) is 2. The van der Waals surface area contributed by atoms with Crippen molar-refractivity contribution >= 4 is 11.8 Å². The van der Waals surface area contributed by atoms with Gasteiger partial charge in [-0.15, -0.1) is 11.8 Å². The monoisotopic (exact) mass is 498 g/mol. The Morgan fingerprint density at radius 1 is 1.11 bits per heavy atom. The van der Waals surface area contributed by atoms with Crippen LogP contribution in [-0.2, 0) is 9.47 Å². The summed E-state index contributed by atoms with van der Waals surface area (Å²) >= 11 is 1.59. The first kappa shape index (κ1) is 25.6. The molecule has 188 valence electrons. The van der Waals surface area contributed by atoms with Crippen molar-refractivity contribution < 1.29 is 24.1 Å². The average molecular weight is 499 g/mol.